The number of hydrogen-bond donors (Lipinski definition) is 2. The quantitative estimate of drug-likeness (QED) is 0.764. The van der Waals surface area contributed by atoms with E-state index in [0.29, 0.717) is 5.75 Å². The molecule has 8 heteroatoms. The third kappa shape index (κ3) is 3.73. The van der Waals surface area contributed by atoms with Gasteiger partial charge in [0.2, 0.25) is 0 Å². The van der Waals surface area contributed by atoms with Crippen molar-refractivity contribution in [2.24, 2.45) is 7.05 Å². The van der Waals surface area contributed by atoms with E-state index in [0.717, 1.165) is 5.56 Å². The molecule has 0 aliphatic rings. The van der Waals surface area contributed by atoms with E-state index in [1.54, 1.807) is 7.05 Å². The Morgan fingerprint density at radius 1 is 1.43 bits per heavy atom. The molecule has 0 saturated carbocycles. The van der Waals surface area contributed by atoms with Gasteiger partial charge in [-0.15, -0.1) is 0 Å². The fourth-order valence-electron chi connectivity index (χ4n) is 1.88. The van der Waals surface area contributed by atoms with Crippen molar-refractivity contribution < 1.29 is 13.2 Å². The van der Waals surface area contributed by atoms with Crippen LogP contribution in [-0.2, 0) is 17.1 Å². The molecule has 0 amide bonds. The number of rotatable bonds is 6. The second-order valence-electron chi connectivity index (χ2n) is 4.61. The summed E-state index contributed by atoms with van der Waals surface area (Å²) in [5.41, 5.74) is 6.64. The van der Waals surface area contributed by atoms with Crippen LogP contribution in [0.2, 0.25) is 0 Å². The molecule has 0 aliphatic heterocycles. The summed E-state index contributed by atoms with van der Waals surface area (Å²) in [7, 11) is -2.12. The molecule has 0 fully saturated rings. The Labute approximate surface area is 123 Å². The summed E-state index contributed by atoms with van der Waals surface area (Å²) in [6, 6.07) is 7.54. The van der Waals surface area contributed by atoms with Crippen LogP contribution in [0.3, 0.4) is 0 Å². The maximum atomic E-state index is 12.1. The van der Waals surface area contributed by atoms with Crippen molar-refractivity contribution in [2.75, 3.05) is 18.9 Å². The minimum absolute atomic E-state index is 0.0235. The highest BCUT2D eigenvalue weighted by molar-refractivity contribution is 7.89. The Balaban J connectivity index is 1.91. The molecule has 1 heterocycles. The maximum Gasteiger partial charge on any atom is 0.260 e. The molecule has 0 bridgehead atoms. The first-order chi connectivity index (χ1) is 9.90. The number of sulfonamides is 1. The fraction of sp³-hybridized carbons (Fsp3) is 0.308. The fourth-order valence-corrected chi connectivity index (χ4v) is 3.13. The van der Waals surface area contributed by atoms with Gasteiger partial charge >= 0.3 is 0 Å². The molecule has 0 atom stereocenters. The highest BCUT2D eigenvalue weighted by Crippen LogP contribution is 2.15. The van der Waals surface area contributed by atoms with Gasteiger partial charge in [-0.25, -0.2) is 18.1 Å². The molecule has 0 aliphatic carbocycles. The molecule has 3 N–H and O–H groups in total. The van der Waals surface area contributed by atoms with Gasteiger partial charge in [-0.1, -0.05) is 12.1 Å². The SMILES string of the molecule is Cc1cccc(OCCNS(=O)(=O)c2c(N)ncn2C)c1. The Morgan fingerprint density at radius 2 is 2.19 bits per heavy atom. The van der Waals surface area contributed by atoms with E-state index in [9.17, 15) is 8.42 Å². The lowest BCUT2D eigenvalue weighted by Crippen LogP contribution is -2.30. The van der Waals surface area contributed by atoms with E-state index in [2.05, 4.69) is 9.71 Å². The summed E-state index contributed by atoms with van der Waals surface area (Å²) in [6.07, 6.45) is 1.35. The smallest absolute Gasteiger partial charge is 0.260 e. The number of hydrogen-bond acceptors (Lipinski definition) is 5. The highest BCUT2D eigenvalue weighted by atomic mass is 32.2. The number of ether oxygens (including phenoxy) is 1. The standard InChI is InChI=1S/C13H18N4O3S/c1-10-4-3-5-11(8-10)20-7-6-16-21(18,19)13-12(14)15-9-17(13)2/h3-5,8-9,16H,6-7,14H2,1-2H3. The van der Waals surface area contributed by atoms with Crippen LogP contribution < -0.4 is 15.2 Å². The lowest BCUT2D eigenvalue weighted by atomic mass is 10.2. The molecule has 0 radical (unpaired) electrons. The molecule has 2 rings (SSSR count). The van der Waals surface area contributed by atoms with E-state index >= 15 is 0 Å². The van der Waals surface area contributed by atoms with Crippen LogP contribution in [0, 0.1) is 6.92 Å². The van der Waals surface area contributed by atoms with Crippen molar-refractivity contribution >= 4 is 15.8 Å². The summed E-state index contributed by atoms with van der Waals surface area (Å²) in [5, 5.41) is -0.0435. The normalized spacial score (nSPS) is 11.5. The summed E-state index contributed by atoms with van der Waals surface area (Å²) < 4.78 is 33.5. The predicted molar refractivity (Wildman–Crippen MR) is 79.5 cm³/mol. The molecule has 21 heavy (non-hydrogen) atoms. The zero-order valence-electron chi connectivity index (χ0n) is 11.9. The average Bonchev–Trinajstić information content (AvgIpc) is 2.75. The van der Waals surface area contributed by atoms with Crippen LogP contribution in [-0.4, -0.2) is 31.1 Å². The van der Waals surface area contributed by atoms with Gasteiger partial charge in [0, 0.05) is 13.6 Å². The molecule has 1 aromatic heterocycles. The minimum Gasteiger partial charge on any atom is -0.492 e. The van der Waals surface area contributed by atoms with Crippen LogP contribution in [0.25, 0.3) is 0 Å². The van der Waals surface area contributed by atoms with Crippen LogP contribution in [0.4, 0.5) is 5.82 Å². The zero-order valence-corrected chi connectivity index (χ0v) is 12.7. The van der Waals surface area contributed by atoms with E-state index in [4.69, 9.17) is 10.5 Å². The van der Waals surface area contributed by atoms with Gasteiger partial charge in [0.15, 0.2) is 10.8 Å². The molecule has 2 aromatic rings. The summed E-state index contributed by atoms with van der Waals surface area (Å²) in [5.74, 6) is 0.679. The van der Waals surface area contributed by atoms with Crippen molar-refractivity contribution in [3.8, 4) is 5.75 Å². The maximum absolute atomic E-state index is 12.1. The molecular weight excluding hydrogens is 292 g/mol. The predicted octanol–water partition coefficient (Wildman–Crippen LogP) is 0.668. The second kappa shape index (κ2) is 6.15. The van der Waals surface area contributed by atoms with E-state index in [1.807, 2.05) is 31.2 Å². The third-order valence-corrected chi connectivity index (χ3v) is 4.41. The number of nitrogens with one attached hydrogen (secondary N) is 1. The van der Waals surface area contributed by atoms with E-state index < -0.39 is 10.0 Å². The van der Waals surface area contributed by atoms with Gasteiger partial charge in [0.25, 0.3) is 10.0 Å². The van der Waals surface area contributed by atoms with Crippen molar-refractivity contribution in [3.63, 3.8) is 0 Å². The van der Waals surface area contributed by atoms with Gasteiger partial charge in [0.05, 0.1) is 6.33 Å². The highest BCUT2D eigenvalue weighted by Gasteiger charge is 2.21. The number of nitrogen functional groups attached to an aromatic ring is 1. The Morgan fingerprint density at radius 3 is 2.81 bits per heavy atom. The lowest BCUT2D eigenvalue weighted by molar-refractivity contribution is 0.322. The molecule has 7 nitrogen and oxygen atoms in total. The van der Waals surface area contributed by atoms with Crippen LogP contribution >= 0.6 is 0 Å². The summed E-state index contributed by atoms with van der Waals surface area (Å²) in [6.45, 7) is 2.32. The first kappa shape index (κ1) is 15.3. The lowest BCUT2D eigenvalue weighted by Gasteiger charge is -2.09. The molecule has 114 valence electrons. The van der Waals surface area contributed by atoms with Crippen molar-refractivity contribution in [1.82, 2.24) is 14.3 Å². The van der Waals surface area contributed by atoms with Crippen LogP contribution in [0.15, 0.2) is 35.6 Å². The Bertz CT molecular complexity index is 705. The largest absolute Gasteiger partial charge is 0.492 e. The van der Waals surface area contributed by atoms with E-state index in [1.165, 1.54) is 10.9 Å². The number of aryl methyl sites for hydroxylation is 2. The van der Waals surface area contributed by atoms with Crippen molar-refractivity contribution in [2.45, 2.75) is 11.9 Å². The number of aromatic nitrogens is 2. The zero-order chi connectivity index (χ0) is 15.5. The topological polar surface area (TPSA) is 99.2 Å². The third-order valence-electron chi connectivity index (χ3n) is 2.82. The number of nitrogens with two attached hydrogens (primary N) is 1. The molecular formula is C13H18N4O3S. The van der Waals surface area contributed by atoms with Crippen molar-refractivity contribution in [1.29, 1.82) is 0 Å². The second-order valence-corrected chi connectivity index (χ2v) is 6.29. The molecule has 0 spiro atoms. The number of anilines is 1. The van der Waals surface area contributed by atoms with Gasteiger partial charge in [-0.3, -0.25) is 0 Å². The molecule has 0 saturated heterocycles. The average molecular weight is 310 g/mol. The van der Waals surface area contributed by atoms with Gasteiger partial charge in [0.1, 0.15) is 12.4 Å². The van der Waals surface area contributed by atoms with Crippen LogP contribution in [0.5, 0.6) is 5.75 Å². The number of benzene rings is 1. The van der Waals surface area contributed by atoms with Gasteiger partial charge in [-0.2, -0.15) is 0 Å². The molecule has 1 aromatic carbocycles. The van der Waals surface area contributed by atoms with Gasteiger partial charge < -0.3 is 15.0 Å². The number of imidazole rings is 1. The summed E-state index contributed by atoms with van der Waals surface area (Å²) >= 11 is 0. The molecule has 0 unspecified atom stereocenters. The Kier molecular flexibility index (Phi) is 4.49. The van der Waals surface area contributed by atoms with Crippen molar-refractivity contribution in [3.05, 3.63) is 36.2 Å². The monoisotopic (exact) mass is 310 g/mol. The Hall–Kier alpha value is -2.06. The minimum atomic E-state index is -3.70. The van der Waals surface area contributed by atoms with Gasteiger partial charge in [-0.05, 0) is 24.6 Å². The number of nitrogens with zero attached hydrogens (tertiary/aromatic N) is 2. The van der Waals surface area contributed by atoms with E-state index in [-0.39, 0.29) is 24.0 Å². The summed E-state index contributed by atoms with van der Waals surface area (Å²) in [4.78, 5) is 3.76. The van der Waals surface area contributed by atoms with Crippen LogP contribution in [0.1, 0.15) is 5.56 Å². The first-order valence-corrected chi connectivity index (χ1v) is 7.84. The first-order valence-electron chi connectivity index (χ1n) is 6.36.